The van der Waals surface area contributed by atoms with E-state index in [9.17, 15) is 18.4 Å². The Morgan fingerprint density at radius 2 is 1.73 bits per heavy atom. The minimum Gasteiger partial charge on any atom is -0.354 e. The summed E-state index contributed by atoms with van der Waals surface area (Å²) in [6.45, 7) is 0. The zero-order valence-corrected chi connectivity index (χ0v) is 15.6. The van der Waals surface area contributed by atoms with Gasteiger partial charge in [-0.25, -0.2) is 4.68 Å². The van der Waals surface area contributed by atoms with Crippen LogP contribution in [0.15, 0.2) is 72.8 Å². The van der Waals surface area contributed by atoms with Crippen molar-refractivity contribution in [2.45, 2.75) is 18.3 Å². The Morgan fingerprint density at radius 1 is 1.00 bits per heavy atom. The summed E-state index contributed by atoms with van der Waals surface area (Å²) in [6.07, 6.45) is -5.06. The number of halogens is 3. The standard InChI is InChI=1S/C23H15F3N4/c24-23(25,26)22(28-17-6-2-1-3-7-17)13-16-12-15(14-27)10-11-18(16)21-19-8-4-5-9-20(19)29-30(21)22/h1-12,28H,13H2. The van der Waals surface area contributed by atoms with E-state index in [1.54, 1.807) is 66.7 Å². The zero-order chi connectivity index (χ0) is 20.9. The number of fused-ring (bicyclic) bond motifs is 5. The third kappa shape index (κ3) is 2.57. The number of nitriles is 1. The number of rotatable bonds is 2. The van der Waals surface area contributed by atoms with E-state index in [1.807, 2.05) is 6.07 Å². The second-order valence-corrected chi connectivity index (χ2v) is 7.29. The molecule has 7 heteroatoms. The van der Waals surface area contributed by atoms with Crippen LogP contribution in [0.5, 0.6) is 0 Å². The average molecular weight is 404 g/mol. The summed E-state index contributed by atoms with van der Waals surface area (Å²) < 4.78 is 45.4. The lowest BCUT2D eigenvalue weighted by Gasteiger charge is -2.41. The number of aromatic nitrogens is 2. The predicted molar refractivity (Wildman–Crippen MR) is 108 cm³/mol. The molecule has 0 saturated heterocycles. The molecule has 0 spiro atoms. The van der Waals surface area contributed by atoms with Crippen LogP contribution in [-0.2, 0) is 12.1 Å². The summed E-state index contributed by atoms with van der Waals surface area (Å²) in [5, 5.41) is 17.0. The summed E-state index contributed by atoms with van der Waals surface area (Å²) >= 11 is 0. The molecule has 1 unspecified atom stereocenters. The highest BCUT2D eigenvalue weighted by atomic mass is 19.4. The monoisotopic (exact) mass is 404 g/mol. The van der Waals surface area contributed by atoms with Gasteiger partial charge in [-0.15, -0.1) is 0 Å². The second-order valence-electron chi connectivity index (χ2n) is 7.29. The molecule has 1 N–H and O–H groups in total. The van der Waals surface area contributed by atoms with Crippen LogP contribution in [0.2, 0.25) is 0 Å². The third-order valence-electron chi connectivity index (χ3n) is 5.47. The van der Waals surface area contributed by atoms with E-state index in [1.165, 1.54) is 6.07 Å². The fourth-order valence-corrected chi connectivity index (χ4v) is 4.11. The molecule has 30 heavy (non-hydrogen) atoms. The Labute approximate surface area is 170 Å². The van der Waals surface area contributed by atoms with E-state index in [2.05, 4.69) is 10.4 Å². The Hall–Kier alpha value is -3.79. The molecule has 4 aromatic rings. The molecule has 0 aliphatic carbocycles. The first-order valence-electron chi connectivity index (χ1n) is 9.34. The third-order valence-corrected chi connectivity index (χ3v) is 5.47. The van der Waals surface area contributed by atoms with Crippen LogP contribution < -0.4 is 5.32 Å². The van der Waals surface area contributed by atoms with Crippen LogP contribution in [0.1, 0.15) is 11.1 Å². The molecular weight excluding hydrogens is 389 g/mol. The first-order chi connectivity index (χ1) is 14.4. The normalized spacial score (nSPS) is 17.8. The number of alkyl halides is 3. The molecule has 0 bridgehead atoms. The minimum absolute atomic E-state index is 0.321. The van der Waals surface area contributed by atoms with Crippen molar-refractivity contribution in [3.63, 3.8) is 0 Å². The van der Waals surface area contributed by atoms with Gasteiger partial charge in [0.25, 0.3) is 0 Å². The lowest BCUT2D eigenvalue weighted by molar-refractivity contribution is -0.208. The summed E-state index contributed by atoms with van der Waals surface area (Å²) in [6, 6.07) is 22.2. The van der Waals surface area contributed by atoms with E-state index in [4.69, 9.17) is 0 Å². The Bertz CT molecular complexity index is 1300. The van der Waals surface area contributed by atoms with Gasteiger partial charge in [0.15, 0.2) is 0 Å². The molecule has 3 aromatic carbocycles. The number of para-hydroxylation sites is 1. The van der Waals surface area contributed by atoms with E-state index < -0.39 is 18.3 Å². The van der Waals surface area contributed by atoms with E-state index in [-0.39, 0.29) is 0 Å². The summed E-state index contributed by atoms with van der Waals surface area (Å²) in [5.41, 5.74) is 0.127. The van der Waals surface area contributed by atoms with Gasteiger partial charge >= 0.3 is 6.18 Å². The molecule has 4 nitrogen and oxygen atoms in total. The highest BCUT2D eigenvalue weighted by Crippen LogP contribution is 2.49. The van der Waals surface area contributed by atoms with Gasteiger partial charge in [-0.1, -0.05) is 42.5 Å². The van der Waals surface area contributed by atoms with E-state index in [0.29, 0.717) is 39.0 Å². The first kappa shape index (κ1) is 18.3. The van der Waals surface area contributed by atoms with Crippen molar-refractivity contribution in [3.8, 4) is 17.3 Å². The molecular formula is C23H15F3N4. The van der Waals surface area contributed by atoms with Gasteiger partial charge in [0, 0.05) is 23.1 Å². The maximum absolute atomic E-state index is 14.8. The summed E-state index contributed by atoms with van der Waals surface area (Å²) in [7, 11) is 0. The molecule has 1 aromatic heterocycles. The molecule has 0 amide bonds. The maximum Gasteiger partial charge on any atom is 0.432 e. The van der Waals surface area contributed by atoms with Gasteiger partial charge in [0.05, 0.1) is 22.8 Å². The highest BCUT2D eigenvalue weighted by Gasteiger charge is 2.60. The first-order valence-corrected chi connectivity index (χ1v) is 9.34. The number of anilines is 1. The topological polar surface area (TPSA) is 53.6 Å². The molecule has 0 saturated carbocycles. The van der Waals surface area contributed by atoms with Gasteiger partial charge in [-0.2, -0.15) is 23.5 Å². The number of nitrogens with zero attached hydrogens (tertiary/aromatic N) is 3. The van der Waals surface area contributed by atoms with Crippen LogP contribution >= 0.6 is 0 Å². The predicted octanol–water partition coefficient (Wildman–Crippen LogP) is 5.46. The lowest BCUT2D eigenvalue weighted by Crippen LogP contribution is -2.57. The fourth-order valence-electron chi connectivity index (χ4n) is 4.11. The largest absolute Gasteiger partial charge is 0.432 e. The Balaban J connectivity index is 1.85. The number of hydrogen-bond acceptors (Lipinski definition) is 3. The number of hydrogen-bond donors (Lipinski definition) is 1. The SMILES string of the molecule is N#Cc1ccc2c(c1)CC(Nc1ccccc1)(C(F)(F)F)n1nc3ccccc3c1-2. The van der Waals surface area contributed by atoms with Gasteiger partial charge in [0.1, 0.15) is 0 Å². The van der Waals surface area contributed by atoms with Crippen molar-refractivity contribution in [2.75, 3.05) is 5.32 Å². The maximum atomic E-state index is 14.8. The molecule has 1 aliphatic heterocycles. The van der Waals surface area contributed by atoms with Crippen LogP contribution in [0.3, 0.4) is 0 Å². The van der Waals surface area contributed by atoms with Crippen molar-refractivity contribution in [2.24, 2.45) is 0 Å². The van der Waals surface area contributed by atoms with E-state index in [0.717, 1.165) is 4.68 Å². The smallest absolute Gasteiger partial charge is 0.354 e. The van der Waals surface area contributed by atoms with Gasteiger partial charge in [0.2, 0.25) is 5.66 Å². The van der Waals surface area contributed by atoms with Gasteiger partial charge < -0.3 is 5.32 Å². The molecule has 5 rings (SSSR count). The van der Waals surface area contributed by atoms with Crippen molar-refractivity contribution < 1.29 is 13.2 Å². The Morgan fingerprint density at radius 3 is 2.47 bits per heavy atom. The summed E-state index contributed by atoms with van der Waals surface area (Å²) in [4.78, 5) is 0. The molecule has 1 aliphatic rings. The van der Waals surface area contributed by atoms with E-state index >= 15 is 0 Å². The highest BCUT2D eigenvalue weighted by molar-refractivity contribution is 5.95. The molecule has 148 valence electrons. The quantitative estimate of drug-likeness (QED) is 0.483. The van der Waals surface area contributed by atoms with Gasteiger partial charge in [-0.3, -0.25) is 0 Å². The van der Waals surface area contributed by atoms with Gasteiger partial charge in [-0.05, 0) is 35.9 Å². The molecule has 0 radical (unpaired) electrons. The van der Waals surface area contributed by atoms with Crippen molar-refractivity contribution in [1.82, 2.24) is 9.78 Å². The minimum atomic E-state index is -4.67. The van der Waals surface area contributed by atoms with Crippen LogP contribution in [0, 0.1) is 11.3 Å². The average Bonchev–Trinajstić information content (AvgIpc) is 3.14. The van der Waals surface area contributed by atoms with Crippen LogP contribution in [0.25, 0.3) is 22.2 Å². The number of nitrogens with one attached hydrogen (secondary N) is 1. The Kier molecular flexibility index (Phi) is 3.87. The van der Waals surface area contributed by atoms with Crippen molar-refractivity contribution in [3.05, 3.63) is 83.9 Å². The molecule has 0 fully saturated rings. The number of benzene rings is 3. The van der Waals surface area contributed by atoms with Crippen molar-refractivity contribution in [1.29, 1.82) is 5.26 Å². The zero-order valence-electron chi connectivity index (χ0n) is 15.6. The summed E-state index contributed by atoms with van der Waals surface area (Å²) in [5.74, 6) is 0. The molecule has 1 atom stereocenters. The second kappa shape index (κ2) is 6.36. The molecule has 2 heterocycles. The van der Waals surface area contributed by atoms with Crippen LogP contribution in [-0.4, -0.2) is 16.0 Å². The lowest BCUT2D eigenvalue weighted by atomic mass is 9.87. The van der Waals surface area contributed by atoms with Crippen molar-refractivity contribution >= 4 is 16.6 Å². The van der Waals surface area contributed by atoms with Crippen LogP contribution in [0.4, 0.5) is 18.9 Å². The fraction of sp³-hybridized carbons (Fsp3) is 0.130.